The molecule has 9 nitrogen and oxygen atoms in total. The van der Waals surface area contributed by atoms with Gasteiger partial charge in [0.1, 0.15) is 0 Å². The molecule has 2 saturated heterocycles. The van der Waals surface area contributed by atoms with E-state index in [0.717, 1.165) is 13.0 Å². The van der Waals surface area contributed by atoms with E-state index < -0.39 is 11.9 Å². The van der Waals surface area contributed by atoms with E-state index in [0.29, 0.717) is 31.2 Å². The molecule has 9 heteroatoms. The van der Waals surface area contributed by atoms with Crippen LogP contribution in [0.4, 0.5) is 4.79 Å². The molecule has 2 fully saturated rings. The summed E-state index contributed by atoms with van der Waals surface area (Å²) in [5.41, 5.74) is 0. The maximum absolute atomic E-state index is 12.0. The van der Waals surface area contributed by atoms with Crippen LogP contribution in [0.3, 0.4) is 0 Å². The molecule has 2 atom stereocenters. The fraction of sp³-hybridized carbons (Fsp3) is 0.600. The third kappa shape index (κ3) is 6.37. The van der Waals surface area contributed by atoms with Crippen LogP contribution in [0.25, 0.3) is 0 Å². The number of carbonyl (C=O) groups is 4. The van der Waals surface area contributed by atoms with Crippen molar-refractivity contribution >= 4 is 23.9 Å². The lowest BCUT2D eigenvalue weighted by molar-refractivity contribution is -0.137. The van der Waals surface area contributed by atoms with Crippen molar-refractivity contribution in [3.8, 4) is 0 Å². The molecule has 2 aliphatic rings. The second-order valence-corrected chi connectivity index (χ2v) is 6.02. The number of urea groups is 1. The number of amides is 3. The van der Waals surface area contributed by atoms with Crippen LogP contribution in [-0.4, -0.2) is 64.7 Å². The fourth-order valence-electron chi connectivity index (χ4n) is 2.58. The first-order valence-electron chi connectivity index (χ1n) is 7.67. The topological polar surface area (TPSA) is 136 Å². The van der Waals surface area contributed by atoms with Crippen molar-refractivity contribution in [2.45, 2.75) is 26.3 Å². The predicted molar refractivity (Wildman–Crippen MR) is 84.3 cm³/mol. The summed E-state index contributed by atoms with van der Waals surface area (Å²) in [4.78, 5) is 44.3. The van der Waals surface area contributed by atoms with Gasteiger partial charge in [0, 0.05) is 31.3 Å². The Morgan fingerprint density at radius 2 is 1.79 bits per heavy atom. The highest BCUT2D eigenvalue weighted by Gasteiger charge is 2.39. The van der Waals surface area contributed by atoms with Gasteiger partial charge in [-0.15, -0.1) is 0 Å². The van der Waals surface area contributed by atoms with Crippen molar-refractivity contribution < 1.29 is 29.4 Å². The van der Waals surface area contributed by atoms with Crippen molar-refractivity contribution in [1.82, 2.24) is 15.5 Å². The van der Waals surface area contributed by atoms with Gasteiger partial charge in [-0.2, -0.15) is 0 Å². The number of piperidine rings is 2. The summed E-state index contributed by atoms with van der Waals surface area (Å²) in [6.45, 7) is 5.97. The third-order valence-corrected chi connectivity index (χ3v) is 3.52. The minimum absolute atomic E-state index is 0.00888. The summed E-state index contributed by atoms with van der Waals surface area (Å²) in [6.07, 6.45) is 2.04. The number of likely N-dealkylation sites (tertiary alicyclic amines) is 1. The van der Waals surface area contributed by atoms with Gasteiger partial charge in [-0.3, -0.25) is 9.69 Å². The summed E-state index contributed by atoms with van der Waals surface area (Å²) in [5.74, 6) is -2.12. The summed E-state index contributed by atoms with van der Waals surface area (Å²) >= 11 is 0. The van der Waals surface area contributed by atoms with Crippen LogP contribution in [0, 0.1) is 11.8 Å². The Balaban J connectivity index is 0.000000307. The number of rotatable bonds is 3. The molecule has 2 aliphatic heterocycles. The average molecular weight is 341 g/mol. The van der Waals surface area contributed by atoms with Crippen LogP contribution in [-0.2, 0) is 14.4 Å². The Hall–Kier alpha value is -2.42. The molecule has 2 unspecified atom stereocenters. The molecule has 2 heterocycles. The lowest BCUT2D eigenvalue weighted by Gasteiger charge is -2.40. The Morgan fingerprint density at radius 1 is 1.21 bits per heavy atom. The molecule has 2 rings (SSSR count). The fourth-order valence-corrected chi connectivity index (χ4v) is 2.58. The molecule has 3 amide bonds. The molecular formula is C15H23N3O6. The van der Waals surface area contributed by atoms with Crippen LogP contribution >= 0.6 is 0 Å². The monoisotopic (exact) mass is 341 g/mol. The maximum Gasteiger partial charge on any atom is 0.328 e. The molecule has 4 N–H and O–H groups in total. The number of carboxylic acids is 2. The summed E-state index contributed by atoms with van der Waals surface area (Å²) in [7, 11) is 0. The number of hydrogen-bond donors (Lipinski definition) is 4. The van der Waals surface area contributed by atoms with Crippen LogP contribution in [0.1, 0.15) is 20.3 Å². The molecule has 0 radical (unpaired) electrons. The normalized spacial score (nSPS) is 22.8. The first-order chi connectivity index (χ1) is 11.2. The second-order valence-electron chi connectivity index (χ2n) is 6.02. The summed E-state index contributed by atoms with van der Waals surface area (Å²) in [5, 5.41) is 21.6. The smallest absolute Gasteiger partial charge is 0.328 e. The van der Waals surface area contributed by atoms with Crippen molar-refractivity contribution in [3.05, 3.63) is 12.2 Å². The summed E-state index contributed by atoms with van der Waals surface area (Å²) < 4.78 is 0. The van der Waals surface area contributed by atoms with Crippen molar-refractivity contribution in [1.29, 1.82) is 0 Å². The van der Waals surface area contributed by atoms with Gasteiger partial charge in [-0.25, -0.2) is 14.4 Å². The molecule has 0 aromatic heterocycles. The number of nitrogens with zero attached hydrogens (tertiary/aromatic N) is 1. The largest absolute Gasteiger partial charge is 0.478 e. The molecule has 24 heavy (non-hydrogen) atoms. The van der Waals surface area contributed by atoms with Gasteiger partial charge < -0.3 is 20.8 Å². The number of aliphatic carboxylic acids is 2. The first kappa shape index (κ1) is 19.6. The Bertz CT molecular complexity index is 515. The summed E-state index contributed by atoms with van der Waals surface area (Å²) in [6, 6.07) is -0.170. The van der Waals surface area contributed by atoms with E-state index in [1.54, 1.807) is 0 Å². The molecule has 0 aliphatic carbocycles. The Kier molecular flexibility index (Phi) is 7.37. The quantitative estimate of drug-likeness (QED) is 0.526. The van der Waals surface area contributed by atoms with E-state index in [1.807, 2.05) is 13.8 Å². The van der Waals surface area contributed by atoms with E-state index in [-0.39, 0.29) is 23.9 Å². The predicted octanol–water partition coefficient (Wildman–Crippen LogP) is -0.116. The average Bonchev–Trinajstić information content (AvgIpc) is 2.49. The van der Waals surface area contributed by atoms with Gasteiger partial charge in [-0.1, -0.05) is 0 Å². The molecular weight excluding hydrogens is 318 g/mol. The van der Waals surface area contributed by atoms with Crippen LogP contribution in [0.15, 0.2) is 12.2 Å². The molecule has 134 valence electrons. The van der Waals surface area contributed by atoms with Crippen LogP contribution in [0.5, 0.6) is 0 Å². The zero-order valence-electron chi connectivity index (χ0n) is 13.7. The van der Waals surface area contributed by atoms with Gasteiger partial charge in [0.25, 0.3) is 0 Å². The lowest BCUT2D eigenvalue weighted by Crippen LogP contribution is -2.58. The Morgan fingerprint density at radius 3 is 2.29 bits per heavy atom. The number of carbonyl (C=O) groups excluding carboxylic acids is 2. The van der Waals surface area contributed by atoms with Crippen LogP contribution in [0.2, 0.25) is 0 Å². The third-order valence-electron chi connectivity index (χ3n) is 3.52. The Labute approximate surface area is 139 Å². The van der Waals surface area contributed by atoms with Crippen LogP contribution < -0.4 is 10.6 Å². The van der Waals surface area contributed by atoms with E-state index in [9.17, 15) is 19.2 Å². The van der Waals surface area contributed by atoms with Gasteiger partial charge >= 0.3 is 18.0 Å². The lowest BCUT2D eigenvalue weighted by atomic mass is 9.85. The number of hydrogen-bond acceptors (Lipinski definition) is 5. The highest BCUT2D eigenvalue weighted by Crippen LogP contribution is 2.25. The minimum Gasteiger partial charge on any atom is -0.478 e. The van der Waals surface area contributed by atoms with E-state index in [1.165, 1.54) is 4.90 Å². The number of fused-ring (bicyclic) bond motifs is 2. The number of nitrogens with one attached hydrogen (secondary N) is 2. The van der Waals surface area contributed by atoms with E-state index >= 15 is 0 Å². The van der Waals surface area contributed by atoms with E-state index in [2.05, 4.69) is 10.6 Å². The molecule has 0 spiro atoms. The molecule has 2 bridgehead atoms. The molecule has 0 aromatic rings. The maximum atomic E-state index is 12.0. The van der Waals surface area contributed by atoms with E-state index in [4.69, 9.17) is 10.2 Å². The first-order valence-corrected chi connectivity index (χ1v) is 7.67. The SMILES string of the molecule is CC(C)NC(=O)N1CC2CNCC(C2)C1=O.O=C(O)/C=C/C(=O)O. The zero-order valence-corrected chi connectivity index (χ0v) is 13.7. The van der Waals surface area contributed by atoms with Gasteiger partial charge in [0.2, 0.25) is 5.91 Å². The van der Waals surface area contributed by atoms with Gasteiger partial charge in [-0.05, 0) is 32.7 Å². The number of carboxylic acid groups (broad SMARTS) is 2. The zero-order chi connectivity index (χ0) is 18.3. The minimum atomic E-state index is -1.26. The van der Waals surface area contributed by atoms with Crippen molar-refractivity contribution in [2.24, 2.45) is 11.8 Å². The molecule has 0 aromatic carbocycles. The van der Waals surface area contributed by atoms with Gasteiger partial charge in [0.05, 0.1) is 5.92 Å². The molecule has 0 saturated carbocycles. The van der Waals surface area contributed by atoms with Crippen molar-refractivity contribution in [2.75, 3.05) is 19.6 Å². The highest BCUT2D eigenvalue weighted by atomic mass is 16.4. The number of imide groups is 1. The highest BCUT2D eigenvalue weighted by molar-refractivity contribution is 5.96. The standard InChI is InChI=1S/C11H19N3O2.C4H4O4/c1-7(2)13-11(16)14-6-8-3-9(10(14)15)5-12-4-8;5-3(6)1-2-4(7)8/h7-9,12H,3-6H2,1-2H3,(H,13,16);1-2H,(H,5,6)(H,7,8)/b;2-1+. The second kappa shape index (κ2) is 9.02. The van der Waals surface area contributed by atoms with Crippen molar-refractivity contribution in [3.63, 3.8) is 0 Å². The van der Waals surface area contributed by atoms with Gasteiger partial charge in [0.15, 0.2) is 0 Å².